The van der Waals surface area contributed by atoms with Crippen molar-refractivity contribution in [3.05, 3.63) is 47.3 Å². The molecule has 1 aromatic carbocycles. The van der Waals surface area contributed by atoms with Crippen LogP contribution in [0, 0.1) is 13.8 Å². The SMILES string of the molecule is COCCn1c(C)cc(C(=O)COC(=O)CCCOc2ccc(OC)cc2)c1C. The molecular formula is C22H29NO6. The number of carbonyl (C=O) groups is 2. The topological polar surface area (TPSA) is 76.0 Å². The maximum Gasteiger partial charge on any atom is 0.306 e. The predicted molar refractivity (Wildman–Crippen MR) is 109 cm³/mol. The van der Waals surface area contributed by atoms with Crippen LogP contribution in [0.5, 0.6) is 11.5 Å². The molecule has 0 atom stereocenters. The number of aromatic nitrogens is 1. The zero-order valence-electron chi connectivity index (χ0n) is 17.5. The molecule has 2 rings (SSSR count). The lowest BCUT2D eigenvalue weighted by Crippen LogP contribution is -2.16. The van der Waals surface area contributed by atoms with E-state index in [1.165, 1.54) is 0 Å². The Morgan fingerprint density at radius 3 is 2.34 bits per heavy atom. The highest BCUT2D eigenvalue weighted by Crippen LogP contribution is 2.18. The molecular weight excluding hydrogens is 374 g/mol. The molecule has 2 aromatic rings. The maximum absolute atomic E-state index is 12.4. The Hall–Kier alpha value is -2.80. The van der Waals surface area contributed by atoms with E-state index >= 15 is 0 Å². The minimum absolute atomic E-state index is 0.191. The molecule has 158 valence electrons. The number of nitrogens with zero attached hydrogens (tertiary/aromatic N) is 1. The van der Waals surface area contributed by atoms with Crippen molar-refractivity contribution in [3.8, 4) is 11.5 Å². The number of hydrogen-bond acceptors (Lipinski definition) is 6. The minimum Gasteiger partial charge on any atom is -0.497 e. The van der Waals surface area contributed by atoms with Crippen LogP contribution >= 0.6 is 0 Å². The largest absolute Gasteiger partial charge is 0.497 e. The molecule has 0 amide bonds. The molecule has 0 spiro atoms. The van der Waals surface area contributed by atoms with Gasteiger partial charge in [-0.1, -0.05) is 0 Å². The Bertz CT molecular complexity index is 809. The van der Waals surface area contributed by atoms with Gasteiger partial charge in [-0.05, 0) is 50.6 Å². The van der Waals surface area contributed by atoms with Crippen LogP contribution in [0.25, 0.3) is 0 Å². The Balaban J connectivity index is 1.72. The van der Waals surface area contributed by atoms with Crippen molar-refractivity contribution in [1.82, 2.24) is 4.57 Å². The Labute approximate surface area is 171 Å². The molecule has 0 unspecified atom stereocenters. The van der Waals surface area contributed by atoms with Crippen molar-refractivity contribution in [2.24, 2.45) is 0 Å². The van der Waals surface area contributed by atoms with Gasteiger partial charge < -0.3 is 23.5 Å². The van der Waals surface area contributed by atoms with Gasteiger partial charge in [0.15, 0.2) is 6.61 Å². The quantitative estimate of drug-likeness (QED) is 0.307. The van der Waals surface area contributed by atoms with E-state index in [-0.39, 0.29) is 18.8 Å². The van der Waals surface area contributed by atoms with E-state index in [1.807, 2.05) is 36.6 Å². The fraction of sp³-hybridized carbons (Fsp3) is 0.455. The summed E-state index contributed by atoms with van der Waals surface area (Å²) in [4.78, 5) is 24.3. The fourth-order valence-electron chi connectivity index (χ4n) is 2.98. The number of hydrogen-bond donors (Lipinski definition) is 0. The lowest BCUT2D eigenvalue weighted by atomic mass is 10.1. The second kappa shape index (κ2) is 11.3. The number of methoxy groups -OCH3 is 2. The van der Waals surface area contributed by atoms with Gasteiger partial charge in [0.25, 0.3) is 0 Å². The summed E-state index contributed by atoms with van der Waals surface area (Å²) in [6.07, 6.45) is 0.695. The summed E-state index contributed by atoms with van der Waals surface area (Å²) in [6, 6.07) is 9.05. The van der Waals surface area contributed by atoms with E-state index in [0.29, 0.717) is 37.5 Å². The van der Waals surface area contributed by atoms with E-state index < -0.39 is 5.97 Å². The molecule has 7 nitrogen and oxygen atoms in total. The molecule has 0 saturated heterocycles. The van der Waals surface area contributed by atoms with Gasteiger partial charge in [0.1, 0.15) is 11.5 Å². The summed E-state index contributed by atoms with van der Waals surface area (Å²) in [5.41, 5.74) is 2.41. The van der Waals surface area contributed by atoms with Crippen molar-refractivity contribution in [2.75, 3.05) is 34.0 Å². The highest BCUT2D eigenvalue weighted by molar-refractivity contribution is 5.99. The molecule has 0 radical (unpaired) electrons. The van der Waals surface area contributed by atoms with Gasteiger partial charge >= 0.3 is 5.97 Å². The summed E-state index contributed by atoms with van der Waals surface area (Å²) in [5, 5.41) is 0. The monoisotopic (exact) mass is 403 g/mol. The number of Topliss-reactive ketones (excluding diaryl/α,β-unsaturated/α-hetero) is 1. The molecule has 0 bridgehead atoms. The van der Waals surface area contributed by atoms with E-state index in [4.69, 9.17) is 18.9 Å². The number of aryl methyl sites for hydroxylation is 1. The number of esters is 1. The third-order valence-electron chi connectivity index (χ3n) is 4.61. The first-order chi connectivity index (χ1) is 14.0. The zero-order chi connectivity index (χ0) is 21.2. The van der Waals surface area contributed by atoms with Gasteiger partial charge in [0.2, 0.25) is 5.78 Å². The van der Waals surface area contributed by atoms with E-state index in [0.717, 1.165) is 17.1 Å². The zero-order valence-corrected chi connectivity index (χ0v) is 17.5. The summed E-state index contributed by atoms with van der Waals surface area (Å²) >= 11 is 0. The molecule has 0 saturated carbocycles. The first kappa shape index (κ1) is 22.5. The molecule has 0 aliphatic heterocycles. The van der Waals surface area contributed by atoms with Crippen molar-refractivity contribution in [2.45, 2.75) is 33.2 Å². The van der Waals surface area contributed by atoms with E-state index in [9.17, 15) is 9.59 Å². The van der Waals surface area contributed by atoms with Gasteiger partial charge in [-0.2, -0.15) is 0 Å². The average molecular weight is 403 g/mol. The normalized spacial score (nSPS) is 10.6. The molecule has 7 heteroatoms. The highest BCUT2D eigenvalue weighted by atomic mass is 16.5. The highest BCUT2D eigenvalue weighted by Gasteiger charge is 2.17. The fourth-order valence-corrected chi connectivity index (χ4v) is 2.98. The second-order valence-corrected chi connectivity index (χ2v) is 6.64. The van der Waals surface area contributed by atoms with Gasteiger partial charge in [-0.3, -0.25) is 9.59 Å². The second-order valence-electron chi connectivity index (χ2n) is 6.64. The van der Waals surface area contributed by atoms with Gasteiger partial charge in [-0.25, -0.2) is 0 Å². The maximum atomic E-state index is 12.4. The molecule has 0 aliphatic rings. The van der Waals surface area contributed by atoms with Crippen LogP contribution in [0.2, 0.25) is 0 Å². The Morgan fingerprint density at radius 2 is 1.69 bits per heavy atom. The molecule has 29 heavy (non-hydrogen) atoms. The van der Waals surface area contributed by atoms with Crippen LogP contribution in [0.3, 0.4) is 0 Å². The van der Waals surface area contributed by atoms with Gasteiger partial charge in [-0.15, -0.1) is 0 Å². The summed E-state index contributed by atoms with van der Waals surface area (Å²) < 4.78 is 22.9. The number of carbonyl (C=O) groups excluding carboxylic acids is 2. The smallest absolute Gasteiger partial charge is 0.306 e. The van der Waals surface area contributed by atoms with E-state index in [1.54, 1.807) is 26.4 Å². The first-order valence-corrected chi connectivity index (χ1v) is 9.57. The van der Waals surface area contributed by atoms with Crippen molar-refractivity contribution in [3.63, 3.8) is 0 Å². The van der Waals surface area contributed by atoms with Crippen LogP contribution < -0.4 is 9.47 Å². The van der Waals surface area contributed by atoms with Gasteiger partial charge in [0, 0.05) is 37.0 Å². The Kier molecular flexibility index (Phi) is 8.73. The Morgan fingerprint density at radius 1 is 1.00 bits per heavy atom. The minimum atomic E-state index is -0.412. The van der Waals surface area contributed by atoms with E-state index in [2.05, 4.69) is 0 Å². The standard InChI is InChI=1S/C22H29NO6/c1-16-14-20(17(2)23(16)11-13-26-3)21(24)15-29-22(25)6-5-12-28-19-9-7-18(27-4)8-10-19/h7-10,14H,5-6,11-13,15H2,1-4H3. The van der Waals surface area contributed by atoms with Gasteiger partial charge in [0.05, 0.1) is 20.3 Å². The van der Waals surface area contributed by atoms with Crippen LogP contribution in [0.15, 0.2) is 30.3 Å². The predicted octanol–water partition coefficient (Wildman–Crippen LogP) is 3.35. The average Bonchev–Trinajstić information content (AvgIpc) is 3.01. The van der Waals surface area contributed by atoms with Crippen molar-refractivity contribution >= 4 is 11.8 Å². The van der Waals surface area contributed by atoms with Crippen molar-refractivity contribution in [1.29, 1.82) is 0 Å². The van der Waals surface area contributed by atoms with Crippen LogP contribution in [0.1, 0.15) is 34.6 Å². The first-order valence-electron chi connectivity index (χ1n) is 9.57. The lowest BCUT2D eigenvalue weighted by molar-refractivity contribution is -0.142. The summed E-state index contributed by atoms with van der Waals surface area (Å²) in [7, 11) is 3.24. The summed E-state index contributed by atoms with van der Waals surface area (Å²) in [6.45, 7) is 5.19. The number of ketones is 1. The number of ether oxygens (including phenoxy) is 4. The lowest BCUT2D eigenvalue weighted by Gasteiger charge is -2.09. The molecule has 1 heterocycles. The van der Waals surface area contributed by atoms with Crippen LogP contribution in [0.4, 0.5) is 0 Å². The molecule has 0 aliphatic carbocycles. The van der Waals surface area contributed by atoms with Crippen LogP contribution in [-0.2, 0) is 20.8 Å². The van der Waals surface area contributed by atoms with Crippen LogP contribution in [-0.4, -0.2) is 50.4 Å². The van der Waals surface area contributed by atoms with Crippen molar-refractivity contribution < 1.29 is 28.5 Å². The number of rotatable bonds is 12. The third kappa shape index (κ3) is 6.64. The molecule has 0 fully saturated rings. The number of benzene rings is 1. The summed E-state index contributed by atoms with van der Waals surface area (Å²) in [5.74, 6) is 0.845. The third-order valence-corrected chi connectivity index (χ3v) is 4.61. The molecule has 1 aromatic heterocycles. The molecule has 0 N–H and O–H groups in total.